The van der Waals surface area contributed by atoms with E-state index in [2.05, 4.69) is 5.32 Å². The number of benzene rings is 2. The Morgan fingerprint density at radius 2 is 1.69 bits per heavy atom. The van der Waals surface area contributed by atoms with Gasteiger partial charge in [-0.2, -0.15) is 0 Å². The van der Waals surface area contributed by atoms with Crippen molar-refractivity contribution in [3.8, 4) is 0 Å². The van der Waals surface area contributed by atoms with Crippen LogP contribution >= 0.6 is 11.6 Å². The number of halogens is 1. The standard InChI is InChI=1S/C26H36ClN3O4S/c1-8-22(25(32)28-26(4,5)6)29(16-20-12-10-9-11-18(20)2)24(31)17-30(35(7,33)34)23-14-13-21(27)15-19(23)3/h9-15,22H,8,16-17H2,1-7H3,(H,28,32)/t22-/m1/s1. The molecular formula is C26H36ClN3O4S. The topological polar surface area (TPSA) is 86.8 Å². The first-order valence-corrected chi connectivity index (χ1v) is 13.8. The molecule has 35 heavy (non-hydrogen) atoms. The Morgan fingerprint density at radius 1 is 1.06 bits per heavy atom. The average molecular weight is 522 g/mol. The molecule has 0 aliphatic carbocycles. The van der Waals surface area contributed by atoms with Crippen molar-refractivity contribution in [2.45, 2.75) is 66.1 Å². The third-order valence-corrected chi connectivity index (χ3v) is 6.95. The monoisotopic (exact) mass is 521 g/mol. The number of carbonyl (C=O) groups is 2. The van der Waals surface area contributed by atoms with Gasteiger partial charge >= 0.3 is 0 Å². The highest BCUT2D eigenvalue weighted by molar-refractivity contribution is 7.92. The van der Waals surface area contributed by atoms with Crippen LogP contribution in [0.15, 0.2) is 42.5 Å². The van der Waals surface area contributed by atoms with Crippen LogP contribution in [0.2, 0.25) is 5.02 Å². The number of carbonyl (C=O) groups excluding carboxylic acids is 2. The Kier molecular flexibility index (Phi) is 9.36. The molecule has 2 amide bonds. The molecule has 0 radical (unpaired) electrons. The Morgan fingerprint density at radius 3 is 2.20 bits per heavy atom. The molecule has 9 heteroatoms. The number of sulfonamides is 1. The molecular weight excluding hydrogens is 486 g/mol. The number of hydrogen-bond acceptors (Lipinski definition) is 4. The fourth-order valence-corrected chi connectivity index (χ4v) is 4.97. The first-order valence-electron chi connectivity index (χ1n) is 11.5. The van der Waals surface area contributed by atoms with E-state index in [0.29, 0.717) is 22.7 Å². The Balaban J connectivity index is 2.51. The number of nitrogens with zero attached hydrogens (tertiary/aromatic N) is 2. The minimum absolute atomic E-state index is 0.179. The van der Waals surface area contributed by atoms with Gasteiger partial charge in [0.2, 0.25) is 21.8 Å². The summed E-state index contributed by atoms with van der Waals surface area (Å²) in [5.74, 6) is -0.751. The van der Waals surface area contributed by atoms with Crippen molar-refractivity contribution < 1.29 is 18.0 Å². The van der Waals surface area contributed by atoms with Gasteiger partial charge in [0.1, 0.15) is 12.6 Å². The van der Waals surface area contributed by atoms with Gasteiger partial charge < -0.3 is 10.2 Å². The molecule has 0 fully saturated rings. The van der Waals surface area contributed by atoms with Gasteiger partial charge in [-0.15, -0.1) is 0 Å². The van der Waals surface area contributed by atoms with Crippen LogP contribution in [0.4, 0.5) is 5.69 Å². The Hall–Kier alpha value is -2.58. The van der Waals surface area contributed by atoms with E-state index in [4.69, 9.17) is 11.6 Å². The van der Waals surface area contributed by atoms with E-state index in [9.17, 15) is 18.0 Å². The highest BCUT2D eigenvalue weighted by Crippen LogP contribution is 2.26. The number of nitrogens with one attached hydrogen (secondary N) is 1. The van der Waals surface area contributed by atoms with Gasteiger partial charge in [0.25, 0.3) is 0 Å². The van der Waals surface area contributed by atoms with Gasteiger partial charge in [-0.3, -0.25) is 13.9 Å². The van der Waals surface area contributed by atoms with Crippen molar-refractivity contribution in [1.82, 2.24) is 10.2 Å². The number of aryl methyl sites for hydroxylation is 2. The molecule has 0 unspecified atom stereocenters. The lowest BCUT2D eigenvalue weighted by atomic mass is 10.0. The fourth-order valence-electron chi connectivity index (χ4n) is 3.84. The van der Waals surface area contributed by atoms with E-state index in [1.165, 1.54) is 4.90 Å². The molecule has 1 atom stereocenters. The summed E-state index contributed by atoms with van der Waals surface area (Å²) in [5, 5.41) is 3.43. The molecule has 0 aliphatic heterocycles. The molecule has 0 saturated heterocycles. The van der Waals surface area contributed by atoms with E-state index < -0.39 is 34.1 Å². The SMILES string of the molecule is CC[C@H](C(=O)NC(C)(C)C)N(Cc1ccccc1C)C(=O)CN(c1ccc(Cl)cc1C)S(C)(=O)=O. The smallest absolute Gasteiger partial charge is 0.244 e. The Bertz CT molecular complexity index is 1180. The van der Waals surface area contributed by atoms with E-state index in [0.717, 1.165) is 21.7 Å². The van der Waals surface area contributed by atoms with Crippen LogP contribution < -0.4 is 9.62 Å². The summed E-state index contributed by atoms with van der Waals surface area (Å²) in [6.45, 7) is 10.9. The molecule has 0 aliphatic rings. The van der Waals surface area contributed by atoms with E-state index in [-0.39, 0.29) is 12.5 Å². The molecule has 2 aromatic carbocycles. The summed E-state index contributed by atoms with van der Waals surface area (Å²) in [6.07, 6.45) is 1.43. The summed E-state index contributed by atoms with van der Waals surface area (Å²) in [7, 11) is -3.80. The van der Waals surface area contributed by atoms with Crippen molar-refractivity contribution in [3.63, 3.8) is 0 Å². The summed E-state index contributed by atoms with van der Waals surface area (Å²) in [5.41, 5.74) is 2.37. The quantitative estimate of drug-likeness (QED) is 0.528. The summed E-state index contributed by atoms with van der Waals surface area (Å²) in [6, 6.07) is 11.7. The first-order chi connectivity index (χ1) is 16.1. The normalized spacial score (nSPS) is 12.7. The van der Waals surface area contributed by atoms with Crippen molar-refractivity contribution in [2.24, 2.45) is 0 Å². The summed E-state index contributed by atoms with van der Waals surface area (Å²) >= 11 is 6.06. The highest BCUT2D eigenvalue weighted by Gasteiger charge is 2.33. The molecule has 192 valence electrons. The van der Waals surface area contributed by atoms with E-state index in [1.54, 1.807) is 25.1 Å². The maximum Gasteiger partial charge on any atom is 0.244 e. The number of hydrogen-bond donors (Lipinski definition) is 1. The van der Waals surface area contributed by atoms with Crippen LogP contribution in [0.25, 0.3) is 0 Å². The summed E-state index contributed by atoms with van der Waals surface area (Å²) < 4.78 is 26.6. The van der Waals surface area contributed by atoms with Crippen LogP contribution in [0.1, 0.15) is 50.8 Å². The zero-order valence-electron chi connectivity index (χ0n) is 21.6. The molecule has 0 spiro atoms. The van der Waals surface area contributed by atoms with Crippen LogP contribution in [-0.4, -0.2) is 49.5 Å². The predicted molar refractivity (Wildman–Crippen MR) is 142 cm³/mol. The minimum Gasteiger partial charge on any atom is -0.350 e. The molecule has 0 heterocycles. The molecule has 1 N–H and O–H groups in total. The molecule has 2 rings (SSSR count). The van der Waals surface area contributed by atoms with Gasteiger partial charge in [0.15, 0.2) is 0 Å². The number of anilines is 1. The van der Waals surface area contributed by atoms with Crippen LogP contribution in [-0.2, 0) is 26.2 Å². The molecule has 0 aromatic heterocycles. The van der Waals surface area contributed by atoms with Gasteiger partial charge in [-0.1, -0.05) is 42.8 Å². The van der Waals surface area contributed by atoms with Crippen LogP contribution in [0.5, 0.6) is 0 Å². The van der Waals surface area contributed by atoms with Crippen molar-refractivity contribution in [2.75, 3.05) is 17.1 Å². The first kappa shape index (κ1) is 28.7. The van der Waals surface area contributed by atoms with Crippen LogP contribution in [0, 0.1) is 13.8 Å². The zero-order valence-corrected chi connectivity index (χ0v) is 23.1. The molecule has 0 bridgehead atoms. The van der Waals surface area contributed by atoms with Gasteiger partial charge in [0.05, 0.1) is 11.9 Å². The van der Waals surface area contributed by atoms with Crippen molar-refractivity contribution in [1.29, 1.82) is 0 Å². The third kappa shape index (κ3) is 7.97. The predicted octanol–water partition coefficient (Wildman–Crippen LogP) is 4.44. The lowest BCUT2D eigenvalue weighted by Gasteiger charge is -2.35. The zero-order chi connectivity index (χ0) is 26.6. The van der Waals surface area contributed by atoms with Crippen LogP contribution in [0.3, 0.4) is 0 Å². The highest BCUT2D eigenvalue weighted by atomic mass is 35.5. The second-order valence-electron chi connectivity index (χ2n) is 9.81. The summed E-state index contributed by atoms with van der Waals surface area (Å²) in [4.78, 5) is 28.4. The second kappa shape index (κ2) is 11.4. The lowest BCUT2D eigenvalue weighted by molar-refractivity contribution is -0.141. The van der Waals surface area contributed by atoms with Crippen molar-refractivity contribution >= 4 is 39.1 Å². The maximum atomic E-state index is 13.8. The fraction of sp³-hybridized carbons (Fsp3) is 0.462. The van der Waals surface area contributed by atoms with Crippen molar-refractivity contribution in [3.05, 3.63) is 64.2 Å². The number of rotatable bonds is 9. The minimum atomic E-state index is -3.80. The Labute approximate surface area is 214 Å². The largest absolute Gasteiger partial charge is 0.350 e. The van der Waals surface area contributed by atoms with Gasteiger partial charge in [-0.25, -0.2) is 8.42 Å². The molecule has 0 saturated carbocycles. The molecule has 7 nitrogen and oxygen atoms in total. The molecule has 2 aromatic rings. The van der Waals surface area contributed by atoms with E-state index in [1.807, 2.05) is 58.9 Å². The average Bonchev–Trinajstić information content (AvgIpc) is 2.71. The third-order valence-electron chi connectivity index (χ3n) is 5.59. The van der Waals surface area contributed by atoms with E-state index >= 15 is 0 Å². The van der Waals surface area contributed by atoms with Gasteiger partial charge in [0, 0.05) is 17.1 Å². The lowest BCUT2D eigenvalue weighted by Crippen LogP contribution is -2.55. The van der Waals surface area contributed by atoms with Gasteiger partial charge in [-0.05, 0) is 75.9 Å². The maximum absolute atomic E-state index is 13.8. The number of amides is 2. The second-order valence-corrected chi connectivity index (χ2v) is 12.2.